The standard InChI is InChI=1S/C27H58O4Si3/c1-19(2)24(31-32(13,14)15)27(12)25(29-27)23(30-33(16,17)26(9,10)11)18-28-34(20(3)4,21(5)6)22(7)8/h20-25H,1,18H2,2-17H3/t23-,24?,25+,27+/m1/s1. The Bertz CT molecular complexity index is 669. The molecule has 0 saturated carbocycles. The molecule has 4 atom stereocenters. The number of hydrogen-bond donors (Lipinski definition) is 0. The van der Waals surface area contributed by atoms with Gasteiger partial charge >= 0.3 is 0 Å². The molecule has 1 fully saturated rings. The zero-order chi connectivity index (χ0) is 27.1. The van der Waals surface area contributed by atoms with Crippen LogP contribution in [0.2, 0.25) is 54.4 Å². The van der Waals surface area contributed by atoms with Crippen LogP contribution in [0.1, 0.15) is 76.2 Å². The lowest BCUT2D eigenvalue weighted by Gasteiger charge is -2.44. The van der Waals surface area contributed by atoms with E-state index in [4.69, 9.17) is 18.0 Å². The van der Waals surface area contributed by atoms with Crippen LogP contribution < -0.4 is 0 Å². The van der Waals surface area contributed by atoms with Gasteiger partial charge in [0.2, 0.25) is 0 Å². The maximum absolute atomic E-state index is 7.07. The van der Waals surface area contributed by atoms with Crippen LogP contribution in [0.15, 0.2) is 12.2 Å². The van der Waals surface area contributed by atoms with E-state index in [2.05, 4.69) is 115 Å². The molecule has 1 rings (SSSR count). The minimum absolute atomic E-state index is 0.0575. The van der Waals surface area contributed by atoms with Crippen molar-refractivity contribution in [3.8, 4) is 0 Å². The zero-order valence-electron chi connectivity index (χ0n) is 25.5. The van der Waals surface area contributed by atoms with Gasteiger partial charge in [0.1, 0.15) is 11.7 Å². The second-order valence-electron chi connectivity index (χ2n) is 14.2. The largest absolute Gasteiger partial charge is 0.413 e. The zero-order valence-corrected chi connectivity index (χ0v) is 28.5. The lowest BCUT2D eigenvalue weighted by Crippen LogP contribution is -2.53. The van der Waals surface area contributed by atoms with Crippen LogP contribution in [0.25, 0.3) is 0 Å². The first-order chi connectivity index (χ1) is 15.0. The van der Waals surface area contributed by atoms with Crippen molar-refractivity contribution in [3.05, 3.63) is 12.2 Å². The van der Waals surface area contributed by atoms with Crippen molar-refractivity contribution in [1.29, 1.82) is 0 Å². The van der Waals surface area contributed by atoms with Gasteiger partial charge in [0.05, 0.1) is 18.8 Å². The van der Waals surface area contributed by atoms with Gasteiger partial charge in [0.15, 0.2) is 25.0 Å². The van der Waals surface area contributed by atoms with Crippen molar-refractivity contribution in [2.75, 3.05) is 6.61 Å². The van der Waals surface area contributed by atoms with Crippen LogP contribution in [0.5, 0.6) is 0 Å². The van der Waals surface area contributed by atoms with Crippen LogP contribution in [0.4, 0.5) is 0 Å². The van der Waals surface area contributed by atoms with E-state index in [-0.39, 0.29) is 23.4 Å². The molecule has 34 heavy (non-hydrogen) atoms. The van der Waals surface area contributed by atoms with Gasteiger partial charge in [-0.3, -0.25) is 0 Å². The molecule has 1 aliphatic rings. The molecule has 0 aromatic heterocycles. The van der Waals surface area contributed by atoms with E-state index in [0.717, 1.165) is 5.57 Å². The smallest absolute Gasteiger partial charge is 0.200 e. The molecule has 0 amide bonds. The Morgan fingerprint density at radius 1 is 0.912 bits per heavy atom. The fraction of sp³-hybridized carbons (Fsp3) is 0.926. The molecular formula is C27H58O4Si3. The number of hydrogen-bond acceptors (Lipinski definition) is 4. The van der Waals surface area contributed by atoms with Crippen LogP contribution >= 0.6 is 0 Å². The van der Waals surface area contributed by atoms with E-state index >= 15 is 0 Å². The van der Waals surface area contributed by atoms with Crippen LogP contribution in [0.3, 0.4) is 0 Å². The van der Waals surface area contributed by atoms with Crippen molar-refractivity contribution in [2.45, 2.75) is 154 Å². The molecule has 0 bridgehead atoms. The fourth-order valence-electron chi connectivity index (χ4n) is 5.42. The van der Waals surface area contributed by atoms with Crippen LogP contribution in [0, 0.1) is 0 Å². The third kappa shape index (κ3) is 7.17. The Kier molecular flexibility index (Phi) is 10.4. The first kappa shape index (κ1) is 32.3. The van der Waals surface area contributed by atoms with Gasteiger partial charge in [-0.05, 0) is 68.2 Å². The molecule has 202 valence electrons. The molecule has 1 unspecified atom stereocenters. The monoisotopic (exact) mass is 530 g/mol. The molecule has 0 N–H and O–H groups in total. The SMILES string of the molecule is C=C(C)C(O[Si](C)(C)C)[C@]1(C)O[C@H]1[C@@H](CO[Si](C(C)C)(C(C)C)C(C)C)O[Si](C)(C)C(C)(C)C. The number of ether oxygens (including phenoxy) is 1. The van der Waals surface area contributed by atoms with E-state index in [1.165, 1.54) is 0 Å². The summed E-state index contributed by atoms with van der Waals surface area (Å²) in [6, 6.07) is 0. The van der Waals surface area contributed by atoms with E-state index in [9.17, 15) is 0 Å². The molecule has 0 aromatic carbocycles. The second kappa shape index (κ2) is 10.9. The topological polar surface area (TPSA) is 40.2 Å². The van der Waals surface area contributed by atoms with Crippen molar-refractivity contribution < 1.29 is 18.0 Å². The van der Waals surface area contributed by atoms with Crippen LogP contribution in [-0.2, 0) is 18.0 Å². The maximum Gasteiger partial charge on any atom is 0.200 e. The molecule has 1 heterocycles. The summed E-state index contributed by atoms with van der Waals surface area (Å²) in [5.74, 6) is 0. The molecule has 4 nitrogen and oxygen atoms in total. The Morgan fingerprint density at radius 2 is 1.35 bits per heavy atom. The molecule has 7 heteroatoms. The molecule has 1 aliphatic heterocycles. The van der Waals surface area contributed by atoms with E-state index in [1.54, 1.807) is 0 Å². The summed E-state index contributed by atoms with van der Waals surface area (Å²) < 4.78 is 27.2. The Balaban J connectivity index is 3.35. The first-order valence-electron chi connectivity index (χ1n) is 13.4. The fourth-order valence-corrected chi connectivity index (χ4v) is 13.3. The molecule has 0 spiro atoms. The van der Waals surface area contributed by atoms with Gasteiger partial charge in [-0.1, -0.05) is 74.5 Å². The highest BCUT2D eigenvalue weighted by atomic mass is 28.4. The summed E-state index contributed by atoms with van der Waals surface area (Å²) in [5, 5.41) is 0.113. The van der Waals surface area contributed by atoms with Gasteiger partial charge in [0, 0.05) is 0 Å². The third-order valence-electron chi connectivity index (χ3n) is 8.12. The normalized spacial score (nSPS) is 24.1. The van der Waals surface area contributed by atoms with Crippen molar-refractivity contribution in [1.82, 2.24) is 0 Å². The van der Waals surface area contributed by atoms with Crippen molar-refractivity contribution >= 4 is 25.0 Å². The highest BCUT2D eigenvalue weighted by Gasteiger charge is 2.64. The van der Waals surface area contributed by atoms with Gasteiger partial charge in [-0.25, -0.2) is 0 Å². The minimum Gasteiger partial charge on any atom is -0.413 e. The molecule has 0 aliphatic carbocycles. The van der Waals surface area contributed by atoms with E-state index < -0.39 is 30.6 Å². The quantitative estimate of drug-likeness (QED) is 0.136. The molecule has 1 saturated heterocycles. The Morgan fingerprint density at radius 3 is 1.68 bits per heavy atom. The molecule has 0 aromatic rings. The summed E-state index contributed by atoms with van der Waals surface area (Å²) in [5.41, 5.74) is 2.19. The summed E-state index contributed by atoms with van der Waals surface area (Å²) in [6.07, 6.45) is -0.295. The highest BCUT2D eigenvalue weighted by Crippen LogP contribution is 2.49. The summed E-state index contributed by atoms with van der Waals surface area (Å²) in [4.78, 5) is 0. The summed E-state index contributed by atoms with van der Waals surface area (Å²) >= 11 is 0. The maximum atomic E-state index is 7.07. The minimum atomic E-state index is -2.04. The van der Waals surface area contributed by atoms with Gasteiger partial charge in [-0.2, -0.15) is 0 Å². The Hall–Kier alpha value is 0.231. The number of rotatable bonds is 13. The summed E-state index contributed by atoms with van der Waals surface area (Å²) in [6.45, 7) is 41.4. The van der Waals surface area contributed by atoms with Crippen molar-refractivity contribution in [3.63, 3.8) is 0 Å². The Labute approximate surface area is 215 Å². The number of epoxide rings is 1. The second-order valence-corrected chi connectivity index (χ2v) is 28.9. The lowest BCUT2D eigenvalue weighted by atomic mass is 9.93. The van der Waals surface area contributed by atoms with E-state index in [0.29, 0.717) is 23.2 Å². The molecule has 0 radical (unpaired) electrons. The van der Waals surface area contributed by atoms with Crippen molar-refractivity contribution in [2.24, 2.45) is 0 Å². The van der Waals surface area contributed by atoms with Gasteiger partial charge in [-0.15, -0.1) is 0 Å². The predicted molar refractivity (Wildman–Crippen MR) is 155 cm³/mol. The van der Waals surface area contributed by atoms with Gasteiger partial charge in [0.25, 0.3) is 0 Å². The van der Waals surface area contributed by atoms with Crippen LogP contribution in [-0.4, -0.2) is 55.5 Å². The predicted octanol–water partition coefficient (Wildman–Crippen LogP) is 8.52. The third-order valence-corrected chi connectivity index (χ3v) is 19.7. The average Bonchev–Trinajstić information content (AvgIpc) is 3.28. The molecular weight excluding hydrogens is 473 g/mol. The van der Waals surface area contributed by atoms with E-state index in [1.807, 2.05) is 0 Å². The lowest BCUT2D eigenvalue weighted by molar-refractivity contribution is 0.0807. The highest BCUT2D eigenvalue weighted by molar-refractivity contribution is 6.77. The first-order valence-corrected chi connectivity index (χ1v) is 21.8. The average molecular weight is 531 g/mol. The summed E-state index contributed by atoms with van der Waals surface area (Å²) in [7, 11) is -5.85. The van der Waals surface area contributed by atoms with Gasteiger partial charge < -0.3 is 18.0 Å².